The van der Waals surface area contributed by atoms with Gasteiger partial charge < -0.3 is 15.2 Å². The van der Waals surface area contributed by atoms with Crippen LogP contribution in [-0.2, 0) is 4.74 Å². The molecule has 0 saturated carbocycles. The average molecular weight is 286 g/mol. The molecule has 4 nitrogen and oxygen atoms in total. The van der Waals surface area contributed by atoms with Crippen LogP contribution in [0.3, 0.4) is 0 Å². The first-order valence-electron chi connectivity index (χ1n) is 8.10. The molecule has 1 fully saturated rings. The van der Waals surface area contributed by atoms with Crippen molar-refractivity contribution in [3.63, 3.8) is 0 Å². The maximum Gasteiger partial charge on any atom is 0.0674 e. The first-order chi connectivity index (χ1) is 9.36. The Balaban J connectivity index is 2.26. The van der Waals surface area contributed by atoms with Gasteiger partial charge in [0.15, 0.2) is 0 Å². The Morgan fingerprint density at radius 2 is 2.05 bits per heavy atom. The van der Waals surface area contributed by atoms with Crippen LogP contribution in [0.2, 0.25) is 0 Å². The number of nitrogens with zero attached hydrogens (tertiary/aromatic N) is 1. The molecule has 0 bridgehead atoms. The normalized spacial score (nSPS) is 27.8. The molecule has 1 rings (SSSR count). The van der Waals surface area contributed by atoms with Gasteiger partial charge in [-0.25, -0.2) is 0 Å². The van der Waals surface area contributed by atoms with Crippen LogP contribution in [0.15, 0.2) is 0 Å². The Hall–Kier alpha value is -0.160. The fourth-order valence-electron chi connectivity index (χ4n) is 3.01. The van der Waals surface area contributed by atoms with Crippen molar-refractivity contribution in [1.82, 2.24) is 10.2 Å². The van der Waals surface area contributed by atoms with E-state index in [0.717, 1.165) is 32.5 Å². The lowest BCUT2D eigenvalue weighted by Crippen LogP contribution is -2.49. The summed E-state index contributed by atoms with van der Waals surface area (Å²) in [4.78, 5) is 2.53. The maximum atomic E-state index is 9.57. The van der Waals surface area contributed by atoms with Gasteiger partial charge in [-0.3, -0.25) is 4.90 Å². The van der Waals surface area contributed by atoms with Crippen LogP contribution in [0.1, 0.15) is 53.9 Å². The van der Waals surface area contributed by atoms with Gasteiger partial charge in [-0.05, 0) is 40.2 Å². The van der Waals surface area contributed by atoms with E-state index in [-0.39, 0.29) is 12.1 Å². The number of hydrogen-bond acceptors (Lipinski definition) is 4. The van der Waals surface area contributed by atoms with Crippen LogP contribution in [-0.4, -0.2) is 60.0 Å². The van der Waals surface area contributed by atoms with Gasteiger partial charge in [0.25, 0.3) is 0 Å². The molecule has 0 aliphatic carbocycles. The summed E-state index contributed by atoms with van der Waals surface area (Å²) in [6.07, 6.45) is 3.72. The fraction of sp³-hybridized carbons (Fsp3) is 1.00. The average Bonchev–Trinajstić information content (AvgIpc) is 2.38. The van der Waals surface area contributed by atoms with Crippen LogP contribution >= 0.6 is 0 Å². The monoisotopic (exact) mass is 286 g/mol. The van der Waals surface area contributed by atoms with Gasteiger partial charge in [0.05, 0.1) is 19.3 Å². The largest absolute Gasteiger partial charge is 0.394 e. The smallest absolute Gasteiger partial charge is 0.0674 e. The van der Waals surface area contributed by atoms with Gasteiger partial charge in [-0.15, -0.1) is 0 Å². The molecule has 0 aromatic rings. The Bertz CT molecular complexity index is 273. The molecule has 20 heavy (non-hydrogen) atoms. The minimum Gasteiger partial charge on any atom is -0.394 e. The summed E-state index contributed by atoms with van der Waals surface area (Å²) in [5.41, 5.74) is -0.141. The van der Waals surface area contributed by atoms with E-state index in [2.05, 4.69) is 44.8 Å². The van der Waals surface area contributed by atoms with Crippen LogP contribution in [0.25, 0.3) is 0 Å². The second kappa shape index (κ2) is 8.32. The molecule has 120 valence electrons. The molecule has 0 aromatic carbocycles. The zero-order valence-electron chi connectivity index (χ0n) is 14.0. The molecule has 1 aliphatic heterocycles. The van der Waals surface area contributed by atoms with Crippen molar-refractivity contribution >= 4 is 0 Å². The second-order valence-electron chi connectivity index (χ2n) is 6.96. The Kier molecular flexibility index (Phi) is 7.45. The van der Waals surface area contributed by atoms with Crippen LogP contribution in [0.5, 0.6) is 0 Å². The van der Waals surface area contributed by atoms with Crippen LogP contribution in [0, 0.1) is 0 Å². The van der Waals surface area contributed by atoms with E-state index in [4.69, 9.17) is 4.74 Å². The molecule has 1 heterocycles. The first kappa shape index (κ1) is 17.9. The topological polar surface area (TPSA) is 44.7 Å². The highest BCUT2D eigenvalue weighted by Crippen LogP contribution is 2.17. The summed E-state index contributed by atoms with van der Waals surface area (Å²) in [5.74, 6) is 0. The van der Waals surface area contributed by atoms with E-state index in [1.54, 1.807) is 0 Å². The van der Waals surface area contributed by atoms with E-state index < -0.39 is 0 Å². The van der Waals surface area contributed by atoms with Crippen LogP contribution < -0.4 is 5.32 Å². The molecular formula is C16H34N2O2. The molecule has 0 aromatic heterocycles. The van der Waals surface area contributed by atoms with E-state index in [1.165, 1.54) is 6.42 Å². The highest BCUT2D eigenvalue weighted by molar-refractivity contribution is 4.84. The Labute approximate surface area is 124 Å². The number of ether oxygens (including phenoxy) is 1. The molecule has 1 saturated heterocycles. The quantitative estimate of drug-likeness (QED) is 0.670. The molecular weight excluding hydrogens is 252 g/mol. The highest BCUT2D eigenvalue weighted by Gasteiger charge is 2.25. The minimum atomic E-state index is -0.141. The van der Waals surface area contributed by atoms with Gasteiger partial charge in [0.1, 0.15) is 0 Å². The lowest BCUT2D eigenvalue weighted by atomic mass is 9.94. The number of hydrogen-bond donors (Lipinski definition) is 2. The number of unbranched alkanes of at least 4 members (excludes halogenated alkanes) is 1. The number of aliphatic hydroxyl groups excluding tert-OH is 1. The predicted molar refractivity (Wildman–Crippen MR) is 84.1 cm³/mol. The third-order valence-corrected chi connectivity index (χ3v) is 4.15. The number of nitrogens with one attached hydrogen (secondary N) is 1. The second-order valence-corrected chi connectivity index (χ2v) is 6.96. The van der Waals surface area contributed by atoms with Crippen molar-refractivity contribution in [3.05, 3.63) is 0 Å². The van der Waals surface area contributed by atoms with E-state index >= 15 is 0 Å². The molecule has 0 spiro atoms. The number of rotatable bonds is 8. The Morgan fingerprint density at radius 1 is 1.35 bits per heavy atom. The Morgan fingerprint density at radius 3 is 2.65 bits per heavy atom. The predicted octanol–water partition coefficient (Wildman–Crippen LogP) is 2.01. The van der Waals surface area contributed by atoms with Gasteiger partial charge in [-0.2, -0.15) is 0 Å². The summed E-state index contributed by atoms with van der Waals surface area (Å²) in [6, 6.07) is 0.941. The van der Waals surface area contributed by atoms with Crippen molar-refractivity contribution in [2.75, 3.05) is 26.3 Å². The summed E-state index contributed by atoms with van der Waals surface area (Å²) in [6.45, 7) is 14.0. The number of morpholine rings is 1. The summed E-state index contributed by atoms with van der Waals surface area (Å²) in [7, 11) is 0. The molecule has 1 aliphatic rings. The summed E-state index contributed by atoms with van der Waals surface area (Å²) < 4.78 is 5.66. The zero-order valence-corrected chi connectivity index (χ0v) is 14.0. The lowest BCUT2D eigenvalue weighted by molar-refractivity contribution is -0.0498. The van der Waals surface area contributed by atoms with Crippen molar-refractivity contribution in [2.24, 2.45) is 0 Å². The third-order valence-electron chi connectivity index (χ3n) is 4.15. The molecule has 2 N–H and O–H groups in total. The molecule has 0 radical (unpaired) electrons. The van der Waals surface area contributed by atoms with Gasteiger partial charge in [0, 0.05) is 24.2 Å². The standard InChI is InChI=1S/C16H34N2O2/c1-13(2)17-16(5,12-19)8-6-7-9-18-10-15(4)20-11-14(18)3/h13-15,17,19H,6-12H2,1-5H3. The third kappa shape index (κ3) is 6.08. The van der Waals surface area contributed by atoms with E-state index in [0.29, 0.717) is 18.2 Å². The van der Waals surface area contributed by atoms with Crippen molar-refractivity contribution < 1.29 is 9.84 Å². The minimum absolute atomic E-state index is 0.141. The van der Waals surface area contributed by atoms with E-state index in [9.17, 15) is 5.11 Å². The van der Waals surface area contributed by atoms with Crippen molar-refractivity contribution in [1.29, 1.82) is 0 Å². The van der Waals surface area contributed by atoms with Gasteiger partial charge in [-0.1, -0.05) is 20.3 Å². The molecule has 3 atom stereocenters. The fourth-order valence-corrected chi connectivity index (χ4v) is 3.01. The number of aliphatic hydroxyl groups is 1. The van der Waals surface area contributed by atoms with Gasteiger partial charge >= 0.3 is 0 Å². The zero-order chi connectivity index (χ0) is 15.2. The summed E-state index contributed by atoms with van der Waals surface area (Å²) in [5, 5.41) is 13.0. The van der Waals surface area contributed by atoms with Crippen molar-refractivity contribution in [3.8, 4) is 0 Å². The first-order valence-corrected chi connectivity index (χ1v) is 8.10. The lowest BCUT2D eigenvalue weighted by Gasteiger charge is -2.37. The highest BCUT2D eigenvalue weighted by atomic mass is 16.5. The molecule has 0 amide bonds. The van der Waals surface area contributed by atoms with Gasteiger partial charge in [0.2, 0.25) is 0 Å². The molecule has 4 heteroatoms. The van der Waals surface area contributed by atoms with Crippen LogP contribution in [0.4, 0.5) is 0 Å². The van der Waals surface area contributed by atoms with Crippen molar-refractivity contribution in [2.45, 2.75) is 77.6 Å². The molecule has 3 unspecified atom stereocenters. The maximum absolute atomic E-state index is 9.57. The summed E-state index contributed by atoms with van der Waals surface area (Å²) >= 11 is 0. The van der Waals surface area contributed by atoms with E-state index in [1.807, 2.05) is 0 Å². The SMILES string of the molecule is CC(C)NC(C)(CO)CCCCN1CC(C)OCC1C.